The van der Waals surface area contributed by atoms with Gasteiger partial charge in [0, 0.05) is 0 Å². The van der Waals surface area contributed by atoms with Gasteiger partial charge in [0.25, 0.3) is 0 Å². The van der Waals surface area contributed by atoms with Crippen LogP contribution in [0.2, 0.25) is 0 Å². The molecule has 0 fully saturated rings. The largest absolute Gasteiger partial charge is 0.508 e. The number of rotatable bonds is 5. The highest BCUT2D eigenvalue weighted by Gasteiger charge is 2.31. The zero-order valence-corrected chi connectivity index (χ0v) is 31.1. The minimum atomic E-state index is 0.347. The number of phenolic OH excluding ortho intramolecular Hbond substituents is 1. The van der Waals surface area contributed by atoms with Crippen molar-refractivity contribution in [2.45, 2.75) is 34.1 Å². The number of allylic oxidation sites excluding steroid dienone is 1. The van der Waals surface area contributed by atoms with Crippen LogP contribution in [0.1, 0.15) is 34.7 Å². The maximum atomic E-state index is 10.9. The van der Waals surface area contributed by atoms with E-state index in [-0.39, 0.29) is 0 Å². The predicted octanol–water partition coefficient (Wildman–Crippen LogP) is 14.6. The molecule has 0 radical (unpaired) electrons. The molecule has 258 valence electrons. The predicted molar refractivity (Wildman–Crippen MR) is 231 cm³/mol. The normalized spacial score (nSPS) is 12.3. The number of benzene rings is 9. The van der Waals surface area contributed by atoms with Crippen LogP contribution in [0.25, 0.3) is 93.7 Å². The summed E-state index contributed by atoms with van der Waals surface area (Å²) in [6, 6.07) is 53.2. The molecule has 0 aromatic heterocycles. The zero-order valence-electron chi connectivity index (χ0n) is 31.1. The molecule has 9 aromatic carbocycles. The maximum absolute atomic E-state index is 10.9. The summed E-state index contributed by atoms with van der Waals surface area (Å²) in [6.45, 7) is 8.89. The Labute approximate surface area is 316 Å². The van der Waals surface area contributed by atoms with E-state index < -0.39 is 0 Å². The lowest BCUT2D eigenvalue weighted by atomic mass is 9.80. The van der Waals surface area contributed by atoms with Gasteiger partial charge in [0.15, 0.2) is 0 Å². The molecular weight excluding hydrogens is 653 g/mol. The Morgan fingerprint density at radius 3 is 1.72 bits per heavy atom. The molecule has 0 unspecified atom stereocenters. The average Bonchev–Trinajstić information content (AvgIpc) is 3.50. The summed E-state index contributed by atoms with van der Waals surface area (Å²) in [5.41, 5.74) is 17.7. The third kappa shape index (κ3) is 5.00. The number of hydrogen-bond acceptors (Lipinski definition) is 1. The van der Waals surface area contributed by atoms with E-state index in [1.807, 2.05) is 24.3 Å². The molecule has 0 bridgehead atoms. The fourth-order valence-corrected chi connectivity index (χ4v) is 9.17. The van der Waals surface area contributed by atoms with Crippen LogP contribution in [-0.2, 0) is 6.42 Å². The van der Waals surface area contributed by atoms with E-state index >= 15 is 0 Å². The number of phenols is 1. The first kappa shape index (κ1) is 32.2. The van der Waals surface area contributed by atoms with Crippen LogP contribution >= 0.6 is 0 Å². The number of aromatic hydroxyl groups is 1. The van der Waals surface area contributed by atoms with Crippen molar-refractivity contribution in [2.75, 3.05) is 0 Å². The van der Waals surface area contributed by atoms with Crippen molar-refractivity contribution in [3.63, 3.8) is 0 Å². The second kappa shape index (κ2) is 12.3. The molecule has 0 spiro atoms. The topological polar surface area (TPSA) is 20.2 Å². The molecule has 0 saturated carbocycles. The maximum Gasteiger partial charge on any atom is 0.119 e. The first-order valence-electron chi connectivity index (χ1n) is 18.9. The monoisotopic (exact) mass is 692 g/mol. The van der Waals surface area contributed by atoms with Crippen molar-refractivity contribution in [1.29, 1.82) is 0 Å². The van der Waals surface area contributed by atoms with Gasteiger partial charge in [-0.1, -0.05) is 127 Å². The van der Waals surface area contributed by atoms with Gasteiger partial charge in [0.05, 0.1) is 0 Å². The molecule has 0 atom stereocenters. The van der Waals surface area contributed by atoms with Gasteiger partial charge in [-0.25, -0.2) is 0 Å². The lowest BCUT2D eigenvalue weighted by Gasteiger charge is -2.23. The van der Waals surface area contributed by atoms with Crippen molar-refractivity contribution in [3.8, 4) is 50.3 Å². The molecule has 0 aliphatic heterocycles. The van der Waals surface area contributed by atoms with E-state index in [0.29, 0.717) is 12.2 Å². The molecule has 1 aliphatic rings. The highest BCUT2D eigenvalue weighted by Crippen LogP contribution is 2.58. The molecular formula is C53H40O. The van der Waals surface area contributed by atoms with Crippen LogP contribution in [0.15, 0.2) is 151 Å². The molecule has 0 heterocycles. The van der Waals surface area contributed by atoms with Crippen LogP contribution in [0.3, 0.4) is 0 Å². The van der Waals surface area contributed by atoms with E-state index in [1.165, 1.54) is 99.1 Å². The fraction of sp³-hybridized carbons (Fsp3) is 0.0943. The Balaban J connectivity index is 1.24. The van der Waals surface area contributed by atoms with E-state index in [2.05, 4.69) is 155 Å². The third-order valence-corrected chi connectivity index (χ3v) is 11.7. The second-order valence-corrected chi connectivity index (χ2v) is 15.3. The molecule has 1 nitrogen and oxygen atoms in total. The first-order valence-corrected chi connectivity index (χ1v) is 18.9. The van der Waals surface area contributed by atoms with Crippen LogP contribution in [0.4, 0.5) is 0 Å². The zero-order chi connectivity index (χ0) is 36.7. The van der Waals surface area contributed by atoms with E-state index in [4.69, 9.17) is 0 Å². The van der Waals surface area contributed by atoms with E-state index in [0.717, 1.165) is 21.9 Å². The standard InChI is InChI=1S/C53H40O/c1-31(25-40-27-36-14-7-8-15-37(36)30-48(40)54)24-35-21-22-38-28-46-47(29-39(38)26-35)51(43-17-10-6-13-33(43)3)52-44-19-11-18-41-34(4)20-23-45(49(41)44)53(52)50(46)42-16-9-5-12-32(42)2/h5-24,26-30,54H,25H2,1-4H3/b31-24-. The first-order chi connectivity index (χ1) is 26.3. The lowest BCUT2D eigenvalue weighted by molar-refractivity contribution is 0.470. The Kier molecular flexibility index (Phi) is 7.35. The molecule has 0 saturated heterocycles. The highest BCUT2D eigenvalue weighted by molar-refractivity contribution is 6.29. The Morgan fingerprint density at radius 1 is 0.463 bits per heavy atom. The van der Waals surface area contributed by atoms with E-state index in [1.54, 1.807) is 0 Å². The van der Waals surface area contributed by atoms with Gasteiger partial charge in [-0.2, -0.15) is 0 Å². The molecule has 0 amide bonds. The van der Waals surface area contributed by atoms with Crippen LogP contribution in [0.5, 0.6) is 5.75 Å². The number of fused-ring (bicyclic) bond motifs is 6. The highest BCUT2D eigenvalue weighted by atomic mass is 16.3. The van der Waals surface area contributed by atoms with Crippen molar-refractivity contribution >= 4 is 49.2 Å². The Hall–Kier alpha value is -6.44. The van der Waals surface area contributed by atoms with Gasteiger partial charge in [-0.3, -0.25) is 0 Å². The molecule has 54 heavy (non-hydrogen) atoms. The lowest BCUT2D eigenvalue weighted by Crippen LogP contribution is -1.96. The number of hydrogen-bond donors (Lipinski definition) is 1. The van der Waals surface area contributed by atoms with Gasteiger partial charge in [-0.15, -0.1) is 0 Å². The van der Waals surface area contributed by atoms with Gasteiger partial charge >= 0.3 is 0 Å². The van der Waals surface area contributed by atoms with Crippen molar-refractivity contribution in [1.82, 2.24) is 0 Å². The minimum Gasteiger partial charge on any atom is -0.508 e. The smallest absolute Gasteiger partial charge is 0.119 e. The van der Waals surface area contributed by atoms with Crippen LogP contribution in [0, 0.1) is 20.8 Å². The quantitative estimate of drug-likeness (QED) is 0.178. The van der Waals surface area contributed by atoms with Crippen LogP contribution < -0.4 is 0 Å². The third-order valence-electron chi connectivity index (χ3n) is 11.7. The average molecular weight is 693 g/mol. The SMILES string of the molecule is C/C(=C/c1ccc2cc3c(-c4ccccc4C)c4c(c(-c5ccccc5C)c3cc2c1)-c1cccc2c(C)ccc-4c12)Cc1cc2ccccc2cc1O. The summed E-state index contributed by atoms with van der Waals surface area (Å²) in [5, 5.41) is 20.8. The molecule has 1 N–H and O–H groups in total. The Bertz CT molecular complexity index is 3070. The Morgan fingerprint density at radius 2 is 1.04 bits per heavy atom. The van der Waals surface area contributed by atoms with Crippen molar-refractivity contribution < 1.29 is 5.11 Å². The molecule has 1 heteroatoms. The van der Waals surface area contributed by atoms with Gasteiger partial charge in [0.2, 0.25) is 0 Å². The summed E-state index contributed by atoms with van der Waals surface area (Å²) < 4.78 is 0. The molecule has 10 rings (SSSR count). The summed E-state index contributed by atoms with van der Waals surface area (Å²) in [7, 11) is 0. The van der Waals surface area contributed by atoms with E-state index in [9.17, 15) is 5.11 Å². The van der Waals surface area contributed by atoms with Gasteiger partial charge in [0.1, 0.15) is 5.75 Å². The summed E-state index contributed by atoms with van der Waals surface area (Å²) in [5.74, 6) is 0.347. The van der Waals surface area contributed by atoms with Crippen LogP contribution in [-0.4, -0.2) is 5.11 Å². The van der Waals surface area contributed by atoms with Crippen molar-refractivity contribution in [2.24, 2.45) is 0 Å². The molecule has 9 aromatic rings. The molecule has 1 aliphatic carbocycles. The summed E-state index contributed by atoms with van der Waals surface area (Å²) in [6.07, 6.45) is 2.95. The second-order valence-electron chi connectivity index (χ2n) is 15.3. The van der Waals surface area contributed by atoms with Gasteiger partial charge in [-0.05, 0) is 180 Å². The van der Waals surface area contributed by atoms with Gasteiger partial charge < -0.3 is 5.11 Å². The fourth-order valence-electron chi connectivity index (χ4n) is 9.17. The number of aryl methyl sites for hydroxylation is 3. The van der Waals surface area contributed by atoms with Crippen molar-refractivity contribution in [3.05, 3.63) is 179 Å². The summed E-state index contributed by atoms with van der Waals surface area (Å²) in [4.78, 5) is 0. The minimum absolute atomic E-state index is 0.347. The summed E-state index contributed by atoms with van der Waals surface area (Å²) >= 11 is 0.